The number of nitrogens with one attached hydrogen (secondary N) is 1. The zero-order valence-electron chi connectivity index (χ0n) is 18.0. The SMILES string of the molecule is CCOc1cc(/C=C2\SC(=Nc3ccc(Cl)cc3)NC2=O)ccc1OCc1ccc(Cl)cc1Cl. The van der Waals surface area contributed by atoms with Crippen molar-refractivity contribution in [2.75, 3.05) is 6.61 Å². The Labute approximate surface area is 216 Å². The topological polar surface area (TPSA) is 59.9 Å². The number of carbonyl (C=O) groups is 1. The van der Waals surface area contributed by atoms with Crippen LogP contribution in [0.1, 0.15) is 18.1 Å². The Morgan fingerprint density at radius 1 is 0.941 bits per heavy atom. The summed E-state index contributed by atoms with van der Waals surface area (Å²) in [5, 5.41) is 5.01. The fraction of sp³-hybridized carbons (Fsp3) is 0.120. The van der Waals surface area contributed by atoms with Gasteiger partial charge in [0.1, 0.15) is 6.61 Å². The van der Waals surface area contributed by atoms with Crippen LogP contribution < -0.4 is 14.8 Å². The number of carbonyl (C=O) groups excluding carboxylic acids is 1. The second-order valence-electron chi connectivity index (χ2n) is 7.12. The molecule has 1 aliphatic heterocycles. The number of nitrogens with zero attached hydrogens (tertiary/aromatic N) is 1. The van der Waals surface area contributed by atoms with Crippen LogP contribution >= 0.6 is 46.6 Å². The van der Waals surface area contributed by atoms with E-state index in [1.54, 1.807) is 48.5 Å². The number of amidine groups is 1. The third-order valence-corrected chi connectivity index (χ3v) is 6.42. The molecule has 0 radical (unpaired) electrons. The Balaban J connectivity index is 1.51. The van der Waals surface area contributed by atoms with Crippen molar-refractivity contribution in [3.05, 3.63) is 91.8 Å². The van der Waals surface area contributed by atoms with Gasteiger partial charge in [0.15, 0.2) is 16.7 Å². The van der Waals surface area contributed by atoms with Gasteiger partial charge in [0, 0.05) is 20.6 Å². The standard InChI is InChI=1S/C25H19Cl3N2O3S/c1-2-32-22-11-15(3-10-21(22)33-14-16-4-5-18(27)13-20(16)28)12-23-24(31)30-25(34-23)29-19-8-6-17(26)7-9-19/h3-13H,2,14H2,1H3,(H,29,30,31)/b23-12-. The first-order valence-corrected chi connectivity index (χ1v) is 12.2. The van der Waals surface area contributed by atoms with Crippen LogP contribution in [0, 0.1) is 0 Å². The van der Waals surface area contributed by atoms with E-state index < -0.39 is 0 Å². The number of amides is 1. The van der Waals surface area contributed by atoms with E-state index in [1.165, 1.54) is 11.8 Å². The largest absolute Gasteiger partial charge is 0.490 e. The number of aliphatic imine (C=N–C) groups is 1. The smallest absolute Gasteiger partial charge is 0.264 e. The summed E-state index contributed by atoms with van der Waals surface area (Å²) in [6.07, 6.45) is 1.78. The molecule has 1 amide bonds. The van der Waals surface area contributed by atoms with E-state index in [4.69, 9.17) is 44.3 Å². The Morgan fingerprint density at radius 2 is 1.71 bits per heavy atom. The van der Waals surface area contributed by atoms with E-state index in [1.807, 2.05) is 25.1 Å². The molecule has 0 atom stereocenters. The number of halogens is 3. The second-order valence-corrected chi connectivity index (χ2v) is 9.43. The Kier molecular flexibility index (Phi) is 8.06. The molecule has 0 bridgehead atoms. The minimum Gasteiger partial charge on any atom is -0.490 e. The number of rotatable bonds is 7. The highest BCUT2D eigenvalue weighted by Gasteiger charge is 2.24. The second kappa shape index (κ2) is 11.2. The number of ether oxygens (including phenoxy) is 2. The summed E-state index contributed by atoms with van der Waals surface area (Å²) in [6.45, 7) is 2.62. The first-order chi connectivity index (χ1) is 16.4. The van der Waals surface area contributed by atoms with Crippen LogP contribution in [0.2, 0.25) is 15.1 Å². The van der Waals surface area contributed by atoms with E-state index in [-0.39, 0.29) is 12.5 Å². The molecular weight excluding hydrogens is 515 g/mol. The number of hydrogen-bond donors (Lipinski definition) is 1. The highest BCUT2D eigenvalue weighted by atomic mass is 35.5. The fourth-order valence-corrected chi connectivity index (χ4v) is 4.49. The third kappa shape index (κ3) is 6.27. The monoisotopic (exact) mass is 532 g/mol. The highest BCUT2D eigenvalue weighted by molar-refractivity contribution is 8.18. The molecule has 0 saturated carbocycles. The molecule has 9 heteroatoms. The van der Waals surface area contributed by atoms with Crippen LogP contribution in [-0.2, 0) is 11.4 Å². The average Bonchev–Trinajstić information content (AvgIpc) is 3.14. The van der Waals surface area contributed by atoms with Crippen molar-refractivity contribution in [3.8, 4) is 11.5 Å². The first kappa shape index (κ1) is 24.5. The molecule has 1 N–H and O–H groups in total. The summed E-state index contributed by atoms with van der Waals surface area (Å²) in [5.74, 6) is 0.928. The molecule has 1 saturated heterocycles. The van der Waals surface area contributed by atoms with E-state index in [0.29, 0.717) is 48.9 Å². The lowest BCUT2D eigenvalue weighted by molar-refractivity contribution is -0.115. The molecule has 1 fully saturated rings. The van der Waals surface area contributed by atoms with Crippen molar-refractivity contribution in [2.45, 2.75) is 13.5 Å². The van der Waals surface area contributed by atoms with E-state index in [0.717, 1.165) is 11.1 Å². The Morgan fingerprint density at radius 3 is 2.44 bits per heavy atom. The van der Waals surface area contributed by atoms with Gasteiger partial charge in [-0.25, -0.2) is 4.99 Å². The van der Waals surface area contributed by atoms with Gasteiger partial charge < -0.3 is 14.8 Å². The third-order valence-electron chi connectivity index (χ3n) is 4.67. The molecule has 174 valence electrons. The first-order valence-electron chi connectivity index (χ1n) is 10.3. The van der Waals surface area contributed by atoms with Gasteiger partial charge in [-0.1, -0.05) is 46.9 Å². The van der Waals surface area contributed by atoms with Gasteiger partial charge in [0.2, 0.25) is 0 Å². The molecule has 1 heterocycles. The Bertz CT molecular complexity index is 1280. The maximum atomic E-state index is 12.4. The van der Waals surface area contributed by atoms with Crippen molar-refractivity contribution in [1.82, 2.24) is 5.32 Å². The van der Waals surface area contributed by atoms with Crippen LogP contribution in [0.3, 0.4) is 0 Å². The lowest BCUT2D eigenvalue weighted by atomic mass is 10.2. The number of benzene rings is 3. The summed E-state index contributed by atoms with van der Waals surface area (Å²) >= 11 is 19.4. The van der Waals surface area contributed by atoms with Gasteiger partial charge in [-0.05, 0) is 78.9 Å². The molecule has 0 spiro atoms. The zero-order chi connectivity index (χ0) is 24.1. The molecule has 1 aliphatic rings. The molecule has 3 aromatic rings. The van der Waals surface area contributed by atoms with Crippen LogP contribution in [0.25, 0.3) is 6.08 Å². The van der Waals surface area contributed by atoms with Crippen molar-refractivity contribution < 1.29 is 14.3 Å². The van der Waals surface area contributed by atoms with Crippen LogP contribution in [0.15, 0.2) is 70.6 Å². The maximum absolute atomic E-state index is 12.4. The molecule has 5 nitrogen and oxygen atoms in total. The minimum atomic E-state index is -0.214. The lowest BCUT2D eigenvalue weighted by Gasteiger charge is -2.13. The van der Waals surface area contributed by atoms with E-state index in [2.05, 4.69) is 10.3 Å². The quantitative estimate of drug-likeness (QED) is 0.319. The minimum absolute atomic E-state index is 0.214. The normalized spacial score (nSPS) is 15.6. The average molecular weight is 534 g/mol. The molecule has 34 heavy (non-hydrogen) atoms. The number of thioether (sulfide) groups is 1. The molecule has 4 rings (SSSR count). The van der Waals surface area contributed by atoms with Crippen molar-refractivity contribution >= 4 is 69.4 Å². The molecular formula is C25H19Cl3N2O3S. The number of hydrogen-bond acceptors (Lipinski definition) is 5. The van der Waals surface area contributed by atoms with Crippen molar-refractivity contribution in [2.24, 2.45) is 4.99 Å². The maximum Gasteiger partial charge on any atom is 0.264 e. The Hall–Kier alpha value is -2.64. The van der Waals surface area contributed by atoms with Crippen LogP contribution in [0.4, 0.5) is 5.69 Å². The van der Waals surface area contributed by atoms with Crippen molar-refractivity contribution in [1.29, 1.82) is 0 Å². The summed E-state index contributed by atoms with van der Waals surface area (Å²) in [4.78, 5) is 17.4. The van der Waals surface area contributed by atoms with Gasteiger partial charge in [0.25, 0.3) is 5.91 Å². The molecule has 0 unspecified atom stereocenters. The van der Waals surface area contributed by atoms with Gasteiger partial charge in [-0.3, -0.25) is 4.79 Å². The zero-order valence-corrected chi connectivity index (χ0v) is 21.1. The van der Waals surface area contributed by atoms with Crippen LogP contribution in [-0.4, -0.2) is 17.7 Å². The van der Waals surface area contributed by atoms with Gasteiger partial charge in [-0.15, -0.1) is 0 Å². The van der Waals surface area contributed by atoms with E-state index in [9.17, 15) is 4.79 Å². The molecule has 0 aromatic heterocycles. The summed E-state index contributed by atoms with van der Waals surface area (Å²) < 4.78 is 11.7. The fourth-order valence-electron chi connectivity index (χ4n) is 3.06. The molecule has 0 aliphatic carbocycles. The van der Waals surface area contributed by atoms with E-state index >= 15 is 0 Å². The summed E-state index contributed by atoms with van der Waals surface area (Å²) in [7, 11) is 0. The summed E-state index contributed by atoms with van der Waals surface area (Å²) in [5.41, 5.74) is 2.31. The highest BCUT2D eigenvalue weighted by Crippen LogP contribution is 2.33. The lowest BCUT2D eigenvalue weighted by Crippen LogP contribution is -2.19. The van der Waals surface area contributed by atoms with Gasteiger partial charge >= 0.3 is 0 Å². The predicted molar refractivity (Wildman–Crippen MR) is 141 cm³/mol. The van der Waals surface area contributed by atoms with Gasteiger partial charge in [-0.2, -0.15) is 0 Å². The van der Waals surface area contributed by atoms with Crippen molar-refractivity contribution in [3.63, 3.8) is 0 Å². The van der Waals surface area contributed by atoms with Crippen LogP contribution in [0.5, 0.6) is 11.5 Å². The predicted octanol–water partition coefficient (Wildman–Crippen LogP) is 7.52. The molecule has 3 aromatic carbocycles. The van der Waals surface area contributed by atoms with Gasteiger partial charge in [0.05, 0.1) is 17.2 Å². The summed E-state index contributed by atoms with van der Waals surface area (Å²) in [6, 6.07) is 17.8.